The molecule has 1 aliphatic carbocycles. The molecule has 1 saturated carbocycles. The summed E-state index contributed by atoms with van der Waals surface area (Å²) in [5.41, 5.74) is 4.91. The highest BCUT2D eigenvalue weighted by Crippen LogP contribution is 2.29. The largest absolute Gasteiger partial charge is 0.351 e. The van der Waals surface area contributed by atoms with Crippen molar-refractivity contribution in [2.45, 2.75) is 52.1 Å². The molecule has 0 bridgehead atoms. The summed E-state index contributed by atoms with van der Waals surface area (Å²) < 4.78 is 0. The maximum atomic E-state index is 11.5. The maximum absolute atomic E-state index is 11.5. The van der Waals surface area contributed by atoms with Gasteiger partial charge < -0.3 is 11.1 Å². The summed E-state index contributed by atoms with van der Waals surface area (Å²) >= 11 is 0. The minimum Gasteiger partial charge on any atom is -0.351 e. The predicted octanol–water partition coefficient (Wildman–Crippen LogP) is 0.984. The molecule has 1 rings (SSSR count). The third-order valence-corrected chi connectivity index (χ3v) is 3.72. The first-order chi connectivity index (χ1) is 7.90. The zero-order chi connectivity index (χ0) is 13.0. The number of urea groups is 1. The van der Waals surface area contributed by atoms with Gasteiger partial charge in [-0.15, -0.1) is 0 Å². The molecule has 3 amide bonds. The summed E-state index contributed by atoms with van der Waals surface area (Å²) in [6, 6.07) is -0.822. The Bertz CT molecular complexity index is 293. The molecule has 98 valence electrons. The quantitative estimate of drug-likeness (QED) is 0.688. The molecule has 1 fully saturated rings. The Balaban J connectivity index is 2.38. The van der Waals surface area contributed by atoms with Crippen LogP contribution in [0.15, 0.2) is 0 Å². The van der Waals surface area contributed by atoms with E-state index in [1.54, 1.807) is 6.92 Å². The second-order valence-electron chi connectivity index (χ2n) is 5.21. The molecule has 0 aliphatic heterocycles. The van der Waals surface area contributed by atoms with Crippen LogP contribution < -0.4 is 16.4 Å². The fourth-order valence-electron chi connectivity index (χ4n) is 2.36. The maximum Gasteiger partial charge on any atom is 0.318 e. The van der Waals surface area contributed by atoms with Gasteiger partial charge in [-0.3, -0.25) is 10.1 Å². The number of hydrogen-bond donors (Lipinski definition) is 3. The van der Waals surface area contributed by atoms with Crippen molar-refractivity contribution in [2.75, 3.05) is 0 Å². The summed E-state index contributed by atoms with van der Waals surface area (Å²) in [7, 11) is 0. The van der Waals surface area contributed by atoms with E-state index in [0.717, 1.165) is 18.8 Å². The van der Waals surface area contributed by atoms with Crippen molar-refractivity contribution in [1.29, 1.82) is 0 Å². The van der Waals surface area contributed by atoms with Crippen molar-refractivity contribution >= 4 is 11.9 Å². The molecule has 0 heterocycles. The van der Waals surface area contributed by atoms with Crippen LogP contribution in [0.4, 0.5) is 4.79 Å². The van der Waals surface area contributed by atoms with Crippen molar-refractivity contribution in [3.8, 4) is 0 Å². The van der Waals surface area contributed by atoms with Crippen molar-refractivity contribution in [3.63, 3.8) is 0 Å². The Hall–Kier alpha value is -1.10. The predicted molar refractivity (Wildman–Crippen MR) is 66.3 cm³/mol. The van der Waals surface area contributed by atoms with E-state index in [-0.39, 0.29) is 11.9 Å². The number of imide groups is 1. The molecule has 0 spiro atoms. The van der Waals surface area contributed by atoms with Crippen LogP contribution in [-0.2, 0) is 4.79 Å². The summed E-state index contributed by atoms with van der Waals surface area (Å²) in [5, 5.41) is 5.34. The van der Waals surface area contributed by atoms with Gasteiger partial charge in [-0.25, -0.2) is 4.79 Å². The summed E-state index contributed by atoms with van der Waals surface area (Å²) in [6.45, 7) is 6.26. The normalized spacial score (nSPS) is 30.6. The van der Waals surface area contributed by atoms with E-state index in [2.05, 4.69) is 24.5 Å². The summed E-state index contributed by atoms with van der Waals surface area (Å²) in [4.78, 5) is 22.1. The molecule has 0 aromatic carbocycles. The van der Waals surface area contributed by atoms with Crippen molar-refractivity contribution in [3.05, 3.63) is 0 Å². The van der Waals surface area contributed by atoms with Gasteiger partial charge in [0.05, 0.1) is 6.04 Å². The topological polar surface area (TPSA) is 84.2 Å². The second-order valence-corrected chi connectivity index (χ2v) is 5.21. The first kappa shape index (κ1) is 14.0. The molecule has 4 atom stereocenters. The zero-order valence-electron chi connectivity index (χ0n) is 10.8. The molecule has 4 N–H and O–H groups in total. The average Bonchev–Trinajstić information content (AvgIpc) is 2.22. The fraction of sp³-hybridized carbons (Fsp3) is 0.833. The van der Waals surface area contributed by atoms with Crippen LogP contribution >= 0.6 is 0 Å². The number of hydrogen-bond acceptors (Lipinski definition) is 3. The minimum atomic E-state index is -0.797. The number of primary amides is 1. The highest BCUT2D eigenvalue weighted by atomic mass is 16.2. The molecule has 0 saturated heterocycles. The first-order valence-corrected chi connectivity index (χ1v) is 6.26. The number of carbonyl (C=O) groups excluding carboxylic acids is 2. The Morgan fingerprint density at radius 1 is 1.24 bits per heavy atom. The lowest BCUT2D eigenvalue weighted by atomic mass is 9.79. The van der Waals surface area contributed by atoms with E-state index >= 15 is 0 Å². The Kier molecular flexibility index (Phi) is 4.93. The van der Waals surface area contributed by atoms with Crippen LogP contribution in [0, 0.1) is 11.8 Å². The average molecular weight is 241 g/mol. The first-order valence-electron chi connectivity index (χ1n) is 6.26. The molecular weight excluding hydrogens is 218 g/mol. The lowest BCUT2D eigenvalue weighted by Crippen LogP contribution is -2.50. The third kappa shape index (κ3) is 4.34. The van der Waals surface area contributed by atoms with Gasteiger partial charge in [0.15, 0.2) is 0 Å². The number of nitrogens with two attached hydrogens (primary N) is 1. The zero-order valence-corrected chi connectivity index (χ0v) is 10.8. The lowest BCUT2D eigenvalue weighted by molar-refractivity contribution is -0.121. The molecule has 4 unspecified atom stereocenters. The molecule has 0 radical (unpaired) electrons. The van der Waals surface area contributed by atoms with Crippen LogP contribution in [0.3, 0.4) is 0 Å². The van der Waals surface area contributed by atoms with Crippen molar-refractivity contribution in [2.24, 2.45) is 17.6 Å². The Morgan fingerprint density at radius 2 is 1.88 bits per heavy atom. The summed E-state index contributed by atoms with van der Waals surface area (Å²) in [5.74, 6) is 1.07. The highest BCUT2D eigenvalue weighted by molar-refractivity contribution is 5.96. The standard InChI is InChI=1S/C12H23N3O2/c1-7-4-5-10(6-8(7)2)14-9(3)11(16)15-12(13)17/h7-10,14H,4-6H2,1-3H3,(H3,13,15,16,17). The minimum absolute atomic E-state index is 0.356. The van der Waals surface area contributed by atoms with Gasteiger partial charge in [-0.05, 0) is 38.0 Å². The summed E-state index contributed by atoms with van der Waals surface area (Å²) in [6.07, 6.45) is 3.35. The van der Waals surface area contributed by atoms with Crippen molar-refractivity contribution in [1.82, 2.24) is 10.6 Å². The lowest BCUT2D eigenvalue weighted by Gasteiger charge is -2.33. The van der Waals surface area contributed by atoms with E-state index in [0.29, 0.717) is 12.0 Å². The van der Waals surface area contributed by atoms with Crippen LogP contribution in [-0.4, -0.2) is 24.0 Å². The number of nitrogens with one attached hydrogen (secondary N) is 2. The van der Waals surface area contributed by atoms with Crippen LogP contribution in [0.25, 0.3) is 0 Å². The molecule has 5 nitrogen and oxygen atoms in total. The van der Waals surface area contributed by atoms with E-state index in [4.69, 9.17) is 5.73 Å². The second kappa shape index (κ2) is 6.00. The van der Waals surface area contributed by atoms with Gasteiger partial charge in [0, 0.05) is 6.04 Å². The SMILES string of the molecule is CC(NC1CCC(C)C(C)C1)C(=O)NC(N)=O. The number of amides is 3. The molecule has 0 aromatic heterocycles. The molecule has 1 aliphatic rings. The van der Waals surface area contributed by atoms with Crippen LogP contribution in [0.5, 0.6) is 0 Å². The van der Waals surface area contributed by atoms with E-state index in [9.17, 15) is 9.59 Å². The number of carbonyl (C=O) groups is 2. The van der Waals surface area contributed by atoms with Crippen LogP contribution in [0.1, 0.15) is 40.0 Å². The van der Waals surface area contributed by atoms with Crippen molar-refractivity contribution < 1.29 is 9.59 Å². The molecule has 17 heavy (non-hydrogen) atoms. The smallest absolute Gasteiger partial charge is 0.318 e. The van der Waals surface area contributed by atoms with E-state index in [1.807, 2.05) is 0 Å². The fourth-order valence-corrected chi connectivity index (χ4v) is 2.36. The van der Waals surface area contributed by atoms with E-state index < -0.39 is 6.03 Å². The number of rotatable bonds is 3. The van der Waals surface area contributed by atoms with Gasteiger partial charge >= 0.3 is 6.03 Å². The highest BCUT2D eigenvalue weighted by Gasteiger charge is 2.26. The van der Waals surface area contributed by atoms with Gasteiger partial charge in [0.25, 0.3) is 0 Å². The van der Waals surface area contributed by atoms with Gasteiger partial charge in [-0.1, -0.05) is 13.8 Å². The van der Waals surface area contributed by atoms with Gasteiger partial charge in [0.1, 0.15) is 0 Å². The monoisotopic (exact) mass is 241 g/mol. The van der Waals surface area contributed by atoms with E-state index in [1.165, 1.54) is 6.42 Å². The Labute approximate surface area is 103 Å². The molecular formula is C12H23N3O2. The van der Waals surface area contributed by atoms with Gasteiger partial charge in [-0.2, -0.15) is 0 Å². The van der Waals surface area contributed by atoms with Gasteiger partial charge in [0.2, 0.25) is 5.91 Å². The third-order valence-electron chi connectivity index (χ3n) is 3.72. The molecule has 0 aromatic rings. The molecule has 5 heteroatoms. The Morgan fingerprint density at radius 3 is 2.41 bits per heavy atom. The van der Waals surface area contributed by atoms with Crippen LogP contribution in [0.2, 0.25) is 0 Å².